The zero-order valence-electron chi connectivity index (χ0n) is 7.77. The maximum Gasteiger partial charge on any atom is 0.292 e. The summed E-state index contributed by atoms with van der Waals surface area (Å²) in [5.41, 5.74) is 2.64. The van der Waals surface area contributed by atoms with Crippen molar-refractivity contribution in [3.05, 3.63) is 42.2 Å². The van der Waals surface area contributed by atoms with Gasteiger partial charge in [-0.3, -0.25) is 10.0 Å². The molecule has 5 nitrogen and oxygen atoms in total. The molecule has 2 aromatic rings. The van der Waals surface area contributed by atoms with Crippen molar-refractivity contribution in [2.24, 2.45) is 0 Å². The largest absolute Gasteiger partial charge is 0.334 e. The molecule has 2 rings (SSSR count). The second-order valence-electron chi connectivity index (χ2n) is 2.95. The molecule has 0 bridgehead atoms. The van der Waals surface area contributed by atoms with E-state index in [2.05, 4.69) is 9.97 Å². The lowest BCUT2D eigenvalue weighted by Gasteiger charge is -1.95. The Kier molecular flexibility index (Phi) is 2.47. The lowest BCUT2D eigenvalue weighted by Crippen LogP contribution is -2.18. The number of benzene rings is 1. The van der Waals surface area contributed by atoms with Gasteiger partial charge in [0.25, 0.3) is 5.91 Å². The standard InChI is InChI=1S/C10H9N3O2/c14-10(13-15)8-6-11-9(12-8)7-4-2-1-3-5-7/h1-6,15H,(H,11,12)(H,13,14). The Morgan fingerprint density at radius 2 is 2.07 bits per heavy atom. The number of rotatable bonds is 2. The normalized spacial score (nSPS) is 9.93. The van der Waals surface area contributed by atoms with E-state index in [-0.39, 0.29) is 5.69 Å². The Morgan fingerprint density at radius 3 is 2.73 bits per heavy atom. The highest BCUT2D eigenvalue weighted by Crippen LogP contribution is 2.14. The summed E-state index contributed by atoms with van der Waals surface area (Å²) in [6, 6.07) is 9.40. The van der Waals surface area contributed by atoms with Crippen LogP contribution in [-0.4, -0.2) is 21.1 Å². The molecule has 0 fully saturated rings. The van der Waals surface area contributed by atoms with Gasteiger partial charge in [-0.05, 0) is 0 Å². The fourth-order valence-electron chi connectivity index (χ4n) is 1.24. The van der Waals surface area contributed by atoms with E-state index >= 15 is 0 Å². The maximum atomic E-state index is 11.0. The topological polar surface area (TPSA) is 78.0 Å². The molecular formula is C10H9N3O2. The van der Waals surface area contributed by atoms with Gasteiger partial charge in [0.2, 0.25) is 0 Å². The summed E-state index contributed by atoms with van der Waals surface area (Å²) in [5.74, 6) is -0.0149. The number of aromatic nitrogens is 2. The number of imidazole rings is 1. The summed E-state index contributed by atoms with van der Waals surface area (Å²) in [6.07, 6.45) is 1.37. The average Bonchev–Trinajstić information content (AvgIpc) is 2.78. The molecule has 76 valence electrons. The van der Waals surface area contributed by atoms with Crippen LogP contribution < -0.4 is 5.48 Å². The predicted octanol–water partition coefficient (Wildman–Crippen LogP) is 1.20. The number of hydroxylamine groups is 1. The molecule has 3 N–H and O–H groups in total. The van der Waals surface area contributed by atoms with Crippen LogP contribution in [-0.2, 0) is 0 Å². The smallest absolute Gasteiger partial charge is 0.292 e. The van der Waals surface area contributed by atoms with Gasteiger partial charge in [-0.2, -0.15) is 0 Å². The fourth-order valence-corrected chi connectivity index (χ4v) is 1.24. The third kappa shape index (κ3) is 1.87. The van der Waals surface area contributed by atoms with Crippen LogP contribution in [0.2, 0.25) is 0 Å². The first-order valence-corrected chi connectivity index (χ1v) is 4.36. The van der Waals surface area contributed by atoms with Crippen molar-refractivity contribution in [2.45, 2.75) is 0 Å². The minimum Gasteiger partial charge on any atom is -0.334 e. The number of nitrogens with one attached hydrogen (secondary N) is 2. The van der Waals surface area contributed by atoms with Crippen LogP contribution in [0.15, 0.2) is 36.5 Å². The Morgan fingerprint density at radius 1 is 1.33 bits per heavy atom. The molecule has 1 aromatic carbocycles. The van der Waals surface area contributed by atoms with Crippen molar-refractivity contribution < 1.29 is 10.0 Å². The van der Waals surface area contributed by atoms with Crippen molar-refractivity contribution >= 4 is 5.91 Å². The highest BCUT2D eigenvalue weighted by atomic mass is 16.5. The molecule has 1 heterocycles. The van der Waals surface area contributed by atoms with Gasteiger partial charge in [0.05, 0.1) is 6.20 Å². The van der Waals surface area contributed by atoms with Crippen molar-refractivity contribution in [1.82, 2.24) is 15.4 Å². The first kappa shape index (κ1) is 9.42. The molecule has 15 heavy (non-hydrogen) atoms. The molecule has 1 amide bonds. The zero-order valence-corrected chi connectivity index (χ0v) is 7.77. The van der Waals surface area contributed by atoms with Crippen molar-refractivity contribution in [1.29, 1.82) is 0 Å². The number of carbonyl (C=O) groups excluding carboxylic acids is 1. The second kappa shape index (κ2) is 3.93. The van der Waals surface area contributed by atoms with Crippen LogP contribution in [0.4, 0.5) is 0 Å². The maximum absolute atomic E-state index is 11.0. The lowest BCUT2D eigenvalue weighted by molar-refractivity contribution is 0.0701. The monoisotopic (exact) mass is 203 g/mol. The number of hydrogen-bond donors (Lipinski definition) is 3. The average molecular weight is 203 g/mol. The number of nitrogens with zero attached hydrogens (tertiary/aromatic N) is 1. The summed E-state index contributed by atoms with van der Waals surface area (Å²) in [6.45, 7) is 0. The van der Waals surface area contributed by atoms with Gasteiger partial charge in [-0.1, -0.05) is 30.3 Å². The van der Waals surface area contributed by atoms with E-state index in [1.54, 1.807) is 0 Å². The van der Waals surface area contributed by atoms with Crippen molar-refractivity contribution in [3.8, 4) is 11.4 Å². The quantitative estimate of drug-likeness (QED) is 0.507. The number of hydrogen-bond acceptors (Lipinski definition) is 3. The Bertz CT molecular complexity index is 465. The summed E-state index contributed by atoms with van der Waals surface area (Å²) in [4.78, 5) is 17.9. The van der Waals surface area contributed by atoms with Crippen LogP contribution in [0.3, 0.4) is 0 Å². The first-order chi connectivity index (χ1) is 7.31. The molecular weight excluding hydrogens is 194 g/mol. The van der Waals surface area contributed by atoms with Gasteiger partial charge in [-0.15, -0.1) is 0 Å². The van der Waals surface area contributed by atoms with Crippen LogP contribution in [0.5, 0.6) is 0 Å². The van der Waals surface area contributed by atoms with Gasteiger partial charge in [0.1, 0.15) is 11.5 Å². The third-order valence-electron chi connectivity index (χ3n) is 1.97. The Labute approximate surface area is 85.7 Å². The van der Waals surface area contributed by atoms with Crippen molar-refractivity contribution in [3.63, 3.8) is 0 Å². The number of amides is 1. The molecule has 0 aliphatic rings. The van der Waals surface area contributed by atoms with E-state index in [1.807, 2.05) is 30.3 Å². The molecule has 0 aliphatic carbocycles. The predicted molar refractivity (Wildman–Crippen MR) is 53.3 cm³/mol. The number of H-pyrrole nitrogens is 1. The molecule has 5 heteroatoms. The second-order valence-corrected chi connectivity index (χ2v) is 2.95. The van der Waals surface area contributed by atoms with Crippen LogP contribution in [0.25, 0.3) is 11.4 Å². The summed E-state index contributed by atoms with van der Waals surface area (Å²) in [7, 11) is 0. The Hall–Kier alpha value is -2.14. The molecule has 0 atom stereocenters. The van der Waals surface area contributed by atoms with Gasteiger partial charge >= 0.3 is 0 Å². The summed E-state index contributed by atoms with van der Waals surface area (Å²) < 4.78 is 0. The molecule has 1 aromatic heterocycles. The van der Waals surface area contributed by atoms with E-state index in [4.69, 9.17) is 5.21 Å². The molecule has 0 saturated carbocycles. The molecule has 0 saturated heterocycles. The SMILES string of the molecule is O=C(NO)c1cnc(-c2ccccc2)[nH]1. The van der Waals surface area contributed by atoms with Gasteiger partial charge < -0.3 is 4.98 Å². The van der Waals surface area contributed by atoms with Gasteiger partial charge in [-0.25, -0.2) is 10.5 Å². The highest BCUT2D eigenvalue weighted by molar-refractivity contribution is 5.91. The fraction of sp³-hybridized carbons (Fsp3) is 0. The first-order valence-electron chi connectivity index (χ1n) is 4.36. The zero-order chi connectivity index (χ0) is 10.7. The van der Waals surface area contributed by atoms with Crippen LogP contribution in [0.1, 0.15) is 10.5 Å². The van der Waals surface area contributed by atoms with Gasteiger partial charge in [0.15, 0.2) is 0 Å². The van der Waals surface area contributed by atoms with E-state index in [9.17, 15) is 4.79 Å². The van der Waals surface area contributed by atoms with E-state index in [0.29, 0.717) is 5.82 Å². The highest BCUT2D eigenvalue weighted by Gasteiger charge is 2.08. The van der Waals surface area contributed by atoms with Crippen molar-refractivity contribution in [2.75, 3.05) is 0 Å². The van der Waals surface area contributed by atoms with E-state index < -0.39 is 5.91 Å². The number of carbonyl (C=O) groups is 1. The molecule has 0 radical (unpaired) electrons. The summed E-state index contributed by atoms with van der Waals surface area (Å²) >= 11 is 0. The minimum atomic E-state index is -0.607. The minimum absolute atomic E-state index is 0.219. The van der Waals surface area contributed by atoms with E-state index in [1.165, 1.54) is 11.7 Å². The lowest BCUT2D eigenvalue weighted by atomic mass is 10.2. The Balaban J connectivity index is 2.32. The molecule has 0 spiro atoms. The molecule has 0 aliphatic heterocycles. The van der Waals surface area contributed by atoms with Crippen LogP contribution >= 0.6 is 0 Å². The van der Waals surface area contributed by atoms with E-state index in [0.717, 1.165) is 5.56 Å². The summed E-state index contributed by atoms with van der Waals surface area (Å²) in [5, 5.41) is 8.42. The van der Waals surface area contributed by atoms with Gasteiger partial charge in [0, 0.05) is 5.56 Å². The van der Waals surface area contributed by atoms with Crippen LogP contribution in [0, 0.1) is 0 Å². The third-order valence-corrected chi connectivity index (χ3v) is 1.97. The molecule has 0 unspecified atom stereocenters. The number of aromatic amines is 1.